The highest BCUT2D eigenvalue weighted by molar-refractivity contribution is 6.42. The molecular formula is C15H21Cl3N2O2. The number of hydrogen-bond donors (Lipinski definition) is 1. The van der Waals surface area contributed by atoms with Crippen LogP contribution in [0.25, 0.3) is 0 Å². The van der Waals surface area contributed by atoms with Crippen LogP contribution in [0.3, 0.4) is 0 Å². The topological polar surface area (TPSA) is 55.6 Å². The summed E-state index contributed by atoms with van der Waals surface area (Å²) in [5.41, 5.74) is 5.69. The minimum absolute atomic E-state index is 0. The van der Waals surface area contributed by atoms with E-state index in [4.69, 9.17) is 33.7 Å². The Morgan fingerprint density at radius 1 is 1.50 bits per heavy atom. The molecule has 3 unspecified atom stereocenters. The molecular weight excluding hydrogens is 347 g/mol. The summed E-state index contributed by atoms with van der Waals surface area (Å²) in [5, 5.41) is 0.736. The highest BCUT2D eigenvalue weighted by atomic mass is 35.5. The molecule has 1 fully saturated rings. The van der Waals surface area contributed by atoms with Crippen molar-refractivity contribution in [1.82, 2.24) is 4.90 Å². The lowest BCUT2D eigenvalue weighted by Gasteiger charge is -2.25. The van der Waals surface area contributed by atoms with Crippen LogP contribution < -0.4 is 10.5 Å². The monoisotopic (exact) mass is 366 g/mol. The molecule has 0 spiro atoms. The van der Waals surface area contributed by atoms with Crippen molar-refractivity contribution in [3.05, 3.63) is 28.2 Å². The minimum Gasteiger partial charge on any atom is -0.479 e. The summed E-state index contributed by atoms with van der Waals surface area (Å²) in [6.45, 7) is 5.05. The number of nitrogens with zero attached hydrogens (tertiary/aromatic N) is 1. The summed E-state index contributed by atoms with van der Waals surface area (Å²) in [5.74, 6) is 0.743. The first-order valence-corrected chi connectivity index (χ1v) is 7.80. The van der Waals surface area contributed by atoms with Crippen LogP contribution in [-0.2, 0) is 4.79 Å². The van der Waals surface area contributed by atoms with E-state index in [1.54, 1.807) is 25.1 Å². The summed E-state index contributed by atoms with van der Waals surface area (Å²) >= 11 is 12.0. The van der Waals surface area contributed by atoms with Crippen LogP contribution in [0.4, 0.5) is 0 Å². The van der Waals surface area contributed by atoms with Gasteiger partial charge in [0.25, 0.3) is 5.91 Å². The van der Waals surface area contributed by atoms with Crippen molar-refractivity contribution in [1.29, 1.82) is 0 Å². The Morgan fingerprint density at radius 2 is 2.18 bits per heavy atom. The van der Waals surface area contributed by atoms with Gasteiger partial charge in [-0.25, -0.2) is 0 Å². The molecule has 0 aromatic heterocycles. The molecule has 1 aromatic carbocycles. The quantitative estimate of drug-likeness (QED) is 0.887. The molecule has 1 aromatic rings. The zero-order valence-corrected chi connectivity index (χ0v) is 14.9. The van der Waals surface area contributed by atoms with E-state index in [1.165, 1.54) is 0 Å². The fourth-order valence-corrected chi connectivity index (χ4v) is 3.01. The van der Waals surface area contributed by atoms with Crippen LogP contribution in [0.2, 0.25) is 10.0 Å². The Morgan fingerprint density at radius 3 is 2.77 bits per heavy atom. The Kier molecular flexibility index (Phi) is 7.26. The number of ether oxygens (including phenoxy) is 1. The molecule has 2 rings (SSSR count). The molecule has 2 N–H and O–H groups in total. The smallest absolute Gasteiger partial charge is 0.263 e. The second kappa shape index (κ2) is 8.25. The van der Waals surface area contributed by atoms with Gasteiger partial charge in [0.15, 0.2) is 6.10 Å². The first kappa shape index (κ1) is 19.4. The molecule has 1 saturated heterocycles. The molecule has 22 heavy (non-hydrogen) atoms. The van der Waals surface area contributed by atoms with Gasteiger partial charge in [0.2, 0.25) is 0 Å². The second-order valence-corrected chi connectivity index (χ2v) is 6.27. The van der Waals surface area contributed by atoms with Crippen molar-refractivity contribution < 1.29 is 9.53 Å². The number of nitrogens with two attached hydrogens (primary N) is 1. The summed E-state index contributed by atoms with van der Waals surface area (Å²) in [4.78, 5) is 14.3. The number of halogens is 3. The third-order valence-corrected chi connectivity index (χ3v) is 4.65. The zero-order valence-electron chi connectivity index (χ0n) is 12.6. The average molecular weight is 368 g/mol. The van der Waals surface area contributed by atoms with Crippen LogP contribution in [0, 0.1) is 5.92 Å². The summed E-state index contributed by atoms with van der Waals surface area (Å²) in [6.07, 6.45) is 0.326. The number of rotatable bonds is 4. The molecule has 4 nitrogen and oxygen atoms in total. The van der Waals surface area contributed by atoms with Crippen molar-refractivity contribution in [3.8, 4) is 5.75 Å². The van der Waals surface area contributed by atoms with Gasteiger partial charge >= 0.3 is 0 Å². The average Bonchev–Trinajstić information content (AvgIpc) is 2.84. The van der Waals surface area contributed by atoms with Crippen LogP contribution >= 0.6 is 35.6 Å². The first-order chi connectivity index (χ1) is 9.93. The zero-order chi connectivity index (χ0) is 15.6. The molecule has 1 amide bonds. The highest BCUT2D eigenvalue weighted by Crippen LogP contribution is 2.32. The summed E-state index contributed by atoms with van der Waals surface area (Å²) in [6, 6.07) is 5.31. The van der Waals surface area contributed by atoms with E-state index in [-0.39, 0.29) is 24.4 Å². The van der Waals surface area contributed by atoms with Gasteiger partial charge in [0, 0.05) is 12.6 Å². The number of likely N-dealkylation sites (tertiary alicyclic amines) is 1. The van der Waals surface area contributed by atoms with Crippen LogP contribution in [0.15, 0.2) is 18.2 Å². The maximum absolute atomic E-state index is 12.5. The molecule has 0 bridgehead atoms. The van der Waals surface area contributed by atoms with Crippen LogP contribution in [0.1, 0.15) is 20.3 Å². The molecule has 7 heteroatoms. The van der Waals surface area contributed by atoms with E-state index >= 15 is 0 Å². The van der Waals surface area contributed by atoms with Gasteiger partial charge < -0.3 is 15.4 Å². The van der Waals surface area contributed by atoms with Gasteiger partial charge in [-0.1, -0.05) is 29.3 Å². The van der Waals surface area contributed by atoms with Crippen LogP contribution in [-0.4, -0.2) is 36.0 Å². The Labute approximate surface area is 147 Å². The highest BCUT2D eigenvalue weighted by Gasteiger charge is 2.34. The largest absolute Gasteiger partial charge is 0.479 e. The molecule has 124 valence electrons. The molecule has 1 aliphatic heterocycles. The number of hydrogen-bond acceptors (Lipinski definition) is 3. The van der Waals surface area contributed by atoms with Gasteiger partial charge in [-0.15, -0.1) is 12.4 Å². The molecule has 0 saturated carbocycles. The Bertz CT molecular complexity index is 528. The predicted molar refractivity (Wildman–Crippen MR) is 92.1 cm³/mol. The molecule has 1 heterocycles. The van der Waals surface area contributed by atoms with Gasteiger partial charge in [-0.2, -0.15) is 0 Å². The third-order valence-electron chi connectivity index (χ3n) is 3.85. The maximum atomic E-state index is 12.5. The number of amides is 1. The van der Waals surface area contributed by atoms with Crippen molar-refractivity contribution in [3.63, 3.8) is 0 Å². The number of benzene rings is 1. The lowest BCUT2D eigenvalue weighted by atomic mass is 10.1. The molecule has 3 atom stereocenters. The normalized spacial score (nSPS) is 22.1. The van der Waals surface area contributed by atoms with E-state index in [9.17, 15) is 4.79 Å². The van der Waals surface area contributed by atoms with Crippen molar-refractivity contribution in [2.75, 3.05) is 13.1 Å². The van der Waals surface area contributed by atoms with Gasteiger partial charge in [0.1, 0.15) is 10.8 Å². The second-order valence-electron chi connectivity index (χ2n) is 5.49. The van der Waals surface area contributed by atoms with Gasteiger partial charge in [-0.05, 0) is 44.9 Å². The Balaban J connectivity index is 0.00000242. The van der Waals surface area contributed by atoms with Crippen LogP contribution in [0.5, 0.6) is 5.75 Å². The SMILES string of the molecule is CC(Oc1cccc(Cl)c1Cl)C(=O)N1CC(CN)CC1C.Cl. The Hall–Kier alpha value is -0.680. The van der Waals surface area contributed by atoms with E-state index < -0.39 is 6.10 Å². The fraction of sp³-hybridized carbons (Fsp3) is 0.533. The number of carbonyl (C=O) groups is 1. The predicted octanol–water partition coefficient (Wildman–Crippen LogP) is 3.38. The standard InChI is InChI=1S/C15H20Cl2N2O2.ClH/c1-9-6-11(7-18)8-19(9)15(20)10(2)21-13-5-3-4-12(16)14(13)17;/h3-5,9-11H,6-8,18H2,1-2H3;1H. The summed E-state index contributed by atoms with van der Waals surface area (Å²) in [7, 11) is 0. The molecule has 0 radical (unpaired) electrons. The van der Waals surface area contributed by atoms with Gasteiger partial charge in [-0.3, -0.25) is 4.79 Å². The van der Waals surface area contributed by atoms with Gasteiger partial charge in [0.05, 0.1) is 5.02 Å². The van der Waals surface area contributed by atoms with E-state index in [0.29, 0.717) is 34.8 Å². The van der Waals surface area contributed by atoms with Crippen molar-refractivity contribution in [2.45, 2.75) is 32.4 Å². The molecule has 1 aliphatic rings. The fourth-order valence-electron chi connectivity index (χ4n) is 2.67. The molecule has 0 aliphatic carbocycles. The lowest BCUT2D eigenvalue weighted by Crippen LogP contribution is -2.42. The van der Waals surface area contributed by atoms with Crippen molar-refractivity contribution >= 4 is 41.5 Å². The third kappa shape index (κ3) is 4.19. The van der Waals surface area contributed by atoms with E-state index in [1.807, 2.05) is 11.8 Å². The maximum Gasteiger partial charge on any atom is 0.263 e. The number of carbonyl (C=O) groups excluding carboxylic acids is 1. The van der Waals surface area contributed by atoms with E-state index in [0.717, 1.165) is 6.42 Å². The van der Waals surface area contributed by atoms with E-state index in [2.05, 4.69) is 0 Å². The van der Waals surface area contributed by atoms with Crippen molar-refractivity contribution in [2.24, 2.45) is 11.7 Å². The lowest BCUT2D eigenvalue weighted by molar-refractivity contribution is -0.138. The minimum atomic E-state index is -0.611. The summed E-state index contributed by atoms with van der Waals surface area (Å²) < 4.78 is 5.68. The first-order valence-electron chi connectivity index (χ1n) is 7.05.